The number of ether oxygens (including phenoxy) is 3. The SMILES string of the molecule is CCCCCCCCCCCCCCCC(=O)OC[C@@H](COC(=O)CCCCCCCCCCCCC)OC(=O)CCCCCCCCCCCCCCC(C)C. The first-order valence-electron chi connectivity index (χ1n) is 25.4. The predicted molar refractivity (Wildman–Crippen MR) is 243 cm³/mol. The van der Waals surface area contributed by atoms with Gasteiger partial charge in [-0.15, -0.1) is 0 Å². The van der Waals surface area contributed by atoms with E-state index in [2.05, 4.69) is 27.7 Å². The summed E-state index contributed by atoms with van der Waals surface area (Å²) in [5, 5.41) is 0. The lowest BCUT2D eigenvalue weighted by Gasteiger charge is -2.18. The van der Waals surface area contributed by atoms with Gasteiger partial charge in [-0.3, -0.25) is 14.4 Å². The molecule has 0 bridgehead atoms. The van der Waals surface area contributed by atoms with Crippen LogP contribution in [0.2, 0.25) is 0 Å². The lowest BCUT2D eigenvalue weighted by molar-refractivity contribution is -0.167. The molecule has 0 aliphatic carbocycles. The molecule has 1 atom stereocenters. The molecule has 0 aromatic heterocycles. The van der Waals surface area contributed by atoms with Gasteiger partial charge in [-0.2, -0.15) is 0 Å². The number of carbonyl (C=O) groups excluding carboxylic acids is 3. The van der Waals surface area contributed by atoms with Crippen molar-refractivity contribution >= 4 is 17.9 Å². The second kappa shape index (κ2) is 45.5. The van der Waals surface area contributed by atoms with Crippen LogP contribution in [-0.4, -0.2) is 37.2 Å². The molecule has 0 heterocycles. The number of esters is 3. The maximum atomic E-state index is 12.8. The zero-order chi connectivity index (χ0) is 41.7. The van der Waals surface area contributed by atoms with E-state index in [1.54, 1.807) is 0 Å². The van der Waals surface area contributed by atoms with E-state index in [9.17, 15) is 14.4 Å². The van der Waals surface area contributed by atoms with E-state index < -0.39 is 6.10 Å². The van der Waals surface area contributed by atoms with Gasteiger partial charge in [-0.1, -0.05) is 246 Å². The zero-order valence-corrected chi connectivity index (χ0v) is 38.8. The van der Waals surface area contributed by atoms with Crippen LogP contribution >= 0.6 is 0 Å². The average molecular weight is 807 g/mol. The quantitative estimate of drug-likeness (QED) is 0.0346. The van der Waals surface area contributed by atoms with E-state index in [0.717, 1.165) is 63.7 Å². The molecule has 0 amide bonds. The lowest BCUT2D eigenvalue weighted by Crippen LogP contribution is -2.30. The predicted octanol–water partition coefficient (Wildman–Crippen LogP) is 16.3. The number of rotatable bonds is 46. The minimum absolute atomic E-state index is 0.0628. The van der Waals surface area contributed by atoms with Crippen LogP contribution in [0.4, 0.5) is 0 Å². The molecule has 6 heteroatoms. The summed E-state index contributed by atoms with van der Waals surface area (Å²) < 4.78 is 16.8. The smallest absolute Gasteiger partial charge is 0.306 e. The van der Waals surface area contributed by atoms with Crippen molar-refractivity contribution in [3.05, 3.63) is 0 Å². The summed E-state index contributed by atoms with van der Waals surface area (Å²) in [6.07, 6.45) is 46.5. The summed E-state index contributed by atoms with van der Waals surface area (Å²) >= 11 is 0. The van der Waals surface area contributed by atoms with Crippen molar-refractivity contribution in [1.29, 1.82) is 0 Å². The molecule has 0 rings (SSSR count). The molecule has 0 radical (unpaired) electrons. The van der Waals surface area contributed by atoms with Crippen LogP contribution < -0.4 is 0 Å². The molecular weight excluding hydrogens is 709 g/mol. The van der Waals surface area contributed by atoms with Gasteiger partial charge in [-0.05, 0) is 25.2 Å². The van der Waals surface area contributed by atoms with Gasteiger partial charge >= 0.3 is 17.9 Å². The summed E-state index contributed by atoms with van der Waals surface area (Å²) in [5.41, 5.74) is 0. The molecule has 0 saturated heterocycles. The lowest BCUT2D eigenvalue weighted by atomic mass is 10.0. The third kappa shape index (κ3) is 45.3. The van der Waals surface area contributed by atoms with E-state index in [-0.39, 0.29) is 31.1 Å². The number of unbranched alkanes of at least 4 members (excludes halogenated alkanes) is 33. The molecule has 0 aliphatic rings. The Morgan fingerprint density at radius 3 is 0.860 bits per heavy atom. The monoisotopic (exact) mass is 807 g/mol. The summed E-state index contributed by atoms with van der Waals surface area (Å²) in [6.45, 7) is 9.02. The topological polar surface area (TPSA) is 78.9 Å². The standard InChI is InChI=1S/C51H98O6/c1-5-7-9-11-13-15-17-18-23-27-31-35-39-43-50(53)56-46-48(45-55-49(52)42-38-34-30-26-21-16-14-12-10-8-6-2)57-51(54)44-40-36-32-28-24-20-19-22-25-29-33-37-41-47(3)4/h47-48H,5-46H2,1-4H3/t48-/m1/s1. The third-order valence-electron chi connectivity index (χ3n) is 11.5. The van der Waals surface area contributed by atoms with Crippen LogP contribution in [0.5, 0.6) is 0 Å². The van der Waals surface area contributed by atoms with Crippen molar-refractivity contribution in [3.63, 3.8) is 0 Å². The summed E-state index contributed by atoms with van der Waals surface area (Å²) in [6, 6.07) is 0. The molecule has 0 unspecified atom stereocenters. The van der Waals surface area contributed by atoms with E-state index >= 15 is 0 Å². The minimum Gasteiger partial charge on any atom is -0.462 e. The van der Waals surface area contributed by atoms with Crippen molar-refractivity contribution in [2.24, 2.45) is 5.92 Å². The van der Waals surface area contributed by atoms with Crippen LogP contribution in [0, 0.1) is 5.92 Å². The van der Waals surface area contributed by atoms with E-state index in [1.807, 2.05) is 0 Å². The van der Waals surface area contributed by atoms with Crippen molar-refractivity contribution in [2.75, 3.05) is 13.2 Å². The molecular formula is C51H98O6. The van der Waals surface area contributed by atoms with Gasteiger partial charge in [0, 0.05) is 19.3 Å². The Balaban J connectivity index is 4.31. The van der Waals surface area contributed by atoms with Crippen LogP contribution in [0.3, 0.4) is 0 Å². The molecule has 0 saturated carbocycles. The summed E-state index contributed by atoms with van der Waals surface area (Å²) in [5.74, 6) is -0.0138. The zero-order valence-electron chi connectivity index (χ0n) is 38.8. The third-order valence-corrected chi connectivity index (χ3v) is 11.5. The van der Waals surface area contributed by atoms with Crippen LogP contribution in [-0.2, 0) is 28.6 Å². The van der Waals surface area contributed by atoms with E-state index in [0.29, 0.717) is 19.3 Å². The van der Waals surface area contributed by atoms with Gasteiger partial charge in [-0.25, -0.2) is 0 Å². The highest BCUT2D eigenvalue weighted by Gasteiger charge is 2.19. The first-order chi connectivity index (χ1) is 27.9. The van der Waals surface area contributed by atoms with Crippen molar-refractivity contribution in [2.45, 2.75) is 291 Å². The minimum atomic E-state index is -0.760. The van der Waals surface area contributed by atoms with Gasteiger partial charge in [0.15, 0.2) is 6.10 Å². The van der Waals surface area contributed by atoms with Gasteiger partial charge in [0.2, 0.25) is 0 Å². The maximum absolute atomic E-state index is 12.8. The van der Waals surface area contributed by atoms with Crippen molar-refractivity contribution < 1.29 is 28.6 Å². The Hall–Kier alpha value is -1.59. The fourth-order valence-corrected chi connectivity index (χ4v) is 7.69. The van der Waals surface area contributed by atoms with Gasteiger partial charge < -0.3 is 14.2 Å². The fourth-order valence-electron chi connectivity index (χ4n) is 7.69. The highest BCUT2D eigenvalue weighted by atomic mass is 16.6. The van der Waals surface area contributed by atoms with Crippen LogP contribution in [0.1, 0.15) is 285 Å². The normalized spacial score (nSPS) is 11.9. The Labute approximate surface area is 355 Å². The van der Waals surface area contributed by atoms with Gasteiger partial charge in [0.05, 0.1) is 0 Å². The second-order valence-corrected chi connectivity index (χ2v) is 17.9. The number of carbonyl (C=O) groups is 3. The highest BCUT2D eigenvalue weighted by Crippen LogP contribution is 2.17. The maximum Gasteiger partial charge on any atom is 0.306 e. The van der Waals surface area contributed by atoms with Crippen LogP contribution in [0.15, 0.2) is 0 Å². The molecule has 6 nitrogen and oxygen atoms in total. The molecule has 0 aromatic rings. The summed E-state index contributed by atoms with van der Waals surface area (Å²) in [7, 11) is 0. The number of hydrogen-bond donors (Lipinski definition) is 0. The Morgan fingerprint density at radius 1 is 0.333 bits per heavy atom. The Kier molecular flexibility index (Phi) is 44.2. The molecule has 0 spiro atoms. The Morgan fingerprint density at radius 2 is 0.579 bits per heavy atom. The first kappa shape index (κ1) is 55.4. The largest absolute Gasteiger partial charge is 0.462 e. The molecule has 0 fully saturated rings. The fraction of sp³-hybridized carbons (Fsp3) is 0.941. The molecule has 57 heavy (non-hydrogen) atoms. The Bertz CT molecular complexity index is 857. The second-order valence-electron chi connectivity index (χ2n) is 17.9. The van der Waals surface area contributed by atoms with Crippen molar-refractivity contribution in [3.8, 4) is 0 Å². The molecule has 0 aromatic carbocycles. The average Bonchev–Trinajstić information content (AvgIpc) is 3.19. The van der Waals surface area contributed by atoms with Gasteiger partial charge in [0.25, 0.3) is 0 Å². The first-order valence-corrected chi connectivity index (χ1v) is 25.4. The highest BCUT2D eigenvalue weighted by molar-refractivity contribution is 5.71. The number of hydrogen-bond acceptors (Lipinski definition) is 6. The molecule has 0 N–H and O–H groups in total. The van der Waals surface area contributed by atoms with E-state index in [1.165, 1.54) is 180 Å². The van der Waals surface area contributed by atoms with Crippen LogP contribution in [0.25, 0.3) is 0 Å². The van der Waals surface area contributed by atoms with Crippen molar-refractivity contribution in [1.82, 2.24) is 0 Å². The molecule has 0 aliphatic heterocycles. The van der Waals surface area contributed by atoms with E-state index in [4.69, 9.17) is 14.2 Å². The molecule has 338 valence electrons. The van der Waals surface area contributed by atoms with Gasteiger partial charge in [0.1, 0.15) is 13.2 Å². The summed E-state index contributed by atoms with van der Waals surface area (Å²) in [4.78, 5) is 37.9.